The summed E-state index contributed by atoms with van der Waals surface area (Å²) < 4.78 is 5.49. The number of hydrogen-bond donors (Lipinski definition) is 2. The number of pyridine rings is 1. The first-order valence-electron chi connectivity index (χ1n) is 6.33. The van der Waals surface area contributed by atoms with Gasteiger partial charge in [-0.05, 0) is 25.1 Å². The highest BCUT2D eigenvalue weighted by Crippen LogP contribution is 2.17. The third kappa shape index (κ3) is 3.55. The Morgan fingerprint density at radius 3 is 2.85 bits per heavy atom. The van der Waals surface area contributed by atoms with Crippen LogP contribution in [0.5, 0.6) is 5.75 Å². The third-order valence-electron chi connectivity index (χ3n) is 2.83. The van der Waals surface area contributed by atoms with Crippen molar-refractivity contribution in [3.05, 3.63) is 53.9 Å². The summed E-state index contributed by atoms with van der Waals surface area (Å²) in [4.78, 5) is 15.9. The summed E-state index contributed by atoms with van der Waals surface area (Å²) in [5, 5.41) is 2.76. The number of para-hydroxylation sites is 1. The molecule has 2 rings (SSSR count). The van der Waals surface area contributed by atoms with E-state index in [0.717, 1.165) is 11.3 Å². The Balaban J connectivity index is 1.94. The molecule has 0 saturated heterocycles. The van der Waals surface area contributed by atoms with Crippen LogP contribution in [0.4, 0.5) is 5.69 Å². The van der Waals surface area contributed by atoms with Gasteiger partial charge in [0.25, 0.3) is 5.91 Å². The van der Waals surface area contributed by atoms with Crippen molar-refractivity contribution in [3.63, 3.8) is 0 Å². The molecule has 2 aromatic rings. The van der Waals surface area contributed by atoms with Gasteiger partial charge in [0, 0.05) is 18.3 Å². The summed E-state index contributed by atoms with van der Waals surface area (Å²) in [5.74, 6) is 0.404. The lowest BCUT2D eigenvalue weighted by Gasteiger charge is -2.11. The van der Waals surface area contributed by atoms with E-state index in [0.29, 0.717) is 18.0 Å². The maximum absolute atomic E-state index is 11.8. The van der Waals surface area contributed by atoms with E-state index in [9.17, 15) is 4.79 Å². The van der Waals surface area contributed by atoms with Crippen molar-refractivity contribution in [2.75, 3.05) is 11.9 Å². The number of benzene rings is 1. The first-order valence-corrected chi connectivity index (χ1v) is 6.33. The zero-order valence-corrected chi connectivity index (χ0v) is 11.3. The summed E-state index contributed by atoms with van der Waals surface area (Å²) in [6.45, 7) is 2.14. The molecule has 1 heterocycles. The fourth-order valence-corrected chi connectivity index (χ4v) is 1.76. The molecule has 104 valence electrons. The molecule has 1 aromatic heterocycles. The topological polar surface area (TPSA) is 77.2 Å². The minimum Gasteiger partial charge on any atom is -0.483 e. The van der Waals surface area contributed by atoms with Crippen molar-refractivity contribution in [2.24, 2.45) is 5.73 Å². The number of aromatic nitrogens is 1. The molecule has 5 heteroatoms. The molecule has 0 aliphatic rings. The number of nitrogens with zero attached hydrogens (tertiary/aromatic N) is 1. The zero-order chi connectivity index (χ0) is 14.4. The van der Waals surface area contributed by atoms with Crippen LogP contribution in [0.3, 0.4) is 0 Å². The average Bonchev–Trinajstić information content (AvgIpc) is 2.48. The van der Waals surface area contributed by atoms with Crippen LogP contribution in [0.25, 0.3) is 0 Å². The standard InChI is InChI=1S/C15H17N3O2/c1-11-13(6-4-8-17-11)18-15(19)10-20-14-7-3-2-5-12(14)9-16/h2-8H,9-10,16H2,1H3,(H,18,19). The van der Waals surface area contributed by atoms with Crippen LogP contribution in [0, 0.1) is 6.92 Å². The second-order valence-electron chi connectivity index (χ2n) is 4.29. The number of carbonyl (C=O) groups excluding carboxylic acids is 1. The zero-order valence-electron chi connectivity index (χ0n) is 11.3. The van der Waals surface area contributed by atoms with E-state index in [1.807, 2.05) is 25.1 Å². The van der Waals surface area contributed by atoms with Crippen molar-refractivity contribution >= 4 is 11.6 Å². The second kappa shape index (κ2) is 6.68. The van der Waals surface area contributed by atoms with E-state index in [1.54, 1.807) is 24.4 Å². The van der Waals surface area contributed by atoms with Crippen LogP contribution in [-0.2, 0) is 11.3 Å². The molecule has 20 heavy (non-hydrogen) atoms. The van der Waals surface area contributed by atoms with E-state index >= 15 is 0 Å². The number of hydrogen-bond acceptors (Lipinski definition) is 4. The van der Waals surface area contributed by atoms with Crippen LogP contribution in [0.2, 0.25) is 0 Å². The molecule has 0 radical (unpaired) electrons. The molecule has 0 aliphatic heterocycles. The van der Waals surface area contributed by atoms with Gasteiger partial charge in [-0.1, -0.05) is 18.2 Å². The molecule has 3 N–H and O–H groups in total. The highest BCUT2D eigenvalue weighted by atomic mass is 16.5. The van der Waals surface area contributed by atoms with Gasteiger partial charge in [0.1, 0.15) is 5.75 Å². The first kappa shape index (κ1) is 14.0. The molecular weight excluding hydrogens is 254 g/mol. The summed E-state index contributed by atoms with van der Waals surface area (Å²) in [6.07, 6.45) is 1.68. The number of aryl methyl sites for hydroxylation is 1. The lowest BCUT2D eigenvalue weighted by Crippen LogP contribution is -2.21. The molecule has 0 saturated carbocycles. The Bertz CT molecular complexity index is 599. The number of carbonyl (C=O) groups is 1. The number of anilines is 1. The predicted molar refractivity (Wildman–Crippen MR) is 77.4 cm³/mol. The lowest BCUT2D eigenvalue weighted by atomic mass is 10.2. The summed E-state index contributed by atoms with van der Waals surface area (Å²) in [5.41, 5.74) is 7.94. The van der Waals surface area contributed by atoms with Crippen molar-refractivity contribution in [1.82, 2.24) is 4.98 Å². The monoisotopic (exact) mass is 271 g/mol. The molecule has 1 aromatic carbocycles. The van der Waals surface area contributed by atoms with Crippen LogP contribution < -0.4 is 15.8 Å². The molecule has 0 atom stereocenters. The molecule has 0 fully saturated rings. The lowest BCUT2D eigenvalue weighted by molar-refractivity contribution is -0.118. The van der Waals surface area contributed by atoms with Crippen molar-refractivity contribution in [3.8, 4) is 5.75 Å². The van der Waals surface area contributed by atoms with Crippen LogP contribution >= 0.6 is 0 Å². The Labute approximate surface area is 117 Å². The highest BCUT2D eigenvalue weighted by Gasteiger charge is 2.07. The number of amides is 1. The fraction of sp³-hybridized carbons (Fsp3) is 0.200. The van der Waals surface area contributed by atoms with E-state index in [1.165, 1.54) is 0 Å². The van der Waals surface area contributed by atoms with Gasteiger partial charge in [-0.2, -0.15) is 0 Å². The summed E-state index contributed by atoms with van der Waals surface area (Å²) in [7, 11) is 0. The normalized spacial score (nSPS) is 10.1. The predicted octanol–water partition coefficient (Wildman–Crippen LogP) is 1.87. The SMILES string of the molecule is Cc1ncccc1NC(=O)COc1ccccc1CN. The van der Waals surface area contributed by atoms with Gasteiger partial charge < -0.3 is 15.8 Å². The quantitative estimate of drug-likeness (QED) is 0.870. The Kier molecular flexibility index (Phi) is 4.68. The van der Waals surface area contributed by atoms with Gasteiger partial charge in [0.2, 0.25) is 0 Å². The third-order valence-corrected chi connectivity index (χ3v) is 2.83. The maximum atomic E-state index is 11.8. The Hall–Kier alpha value is -2.40. The maximum Gasteiger partial charge on any atom is 0.262 e. The number of rotatable bonds is 5. The molecule has 1 amide bonds. The molecule has 0 spiro atoms. The van der Waals surface area contributed by atoms with Gasteiger partial charge in [0.15, 0.2) is 6.61 Å². The number of nitrogens with one attached hydrogen (secondary N) is 1. The van der Waals surface area contributed by atoms with Gasteiger partial charge in [0.05, 0.1) is 11.4 Å². The fourth-order valence-electron chi connectivity index (χ4n) is 1.76. The highest BCUT2D eigenvalue weighted by molar-refractivity contribution is 5.92. The van der Waals surface area contributed by atoms with Crippen molar-refractivity contribution in [1.29, 1.82) is 0 Å². The molecule has 0 unspecified atom stereocenters. The molecule has 5 nitrogen and oxygen atoms in total. The smallest absolute Gasteiger partial charge is 0.262 e. The van der Waals surface area contributed by atoms with E-state index < -0.39 is 0 Å². The van der Waals surface area contributed by atoms with Gasteiger partial charge in [-0.15, -0.1) is 0 Å². The minimum atomic E-state index is -0.229. The molecular formula is C15H17N3O2. The van der Waals surface area contributed by atoms with Crippen LogP contribution in [0.1, 0.15) is 11.3 Å². The summed E-state index contributed by atoms with van der Waals surface area (Å²) in [6, 6.07) is 11.0. The van der Waals surface area contributed by atoms with Crippen molar-refractivity contribution in [2.45, 2.75) is 13.5 Å². The van der Waals surface area contributed by atoms with Gasteiger partial charge in [-0.25, -0.2) is 0 Å². The van der Waals surface area contributed by atoms with Gasteiger partial charge >= 0.3 is 0 Å². The van der Waals surface area contributed by atoms with Crippen LogP contribution in [-0.4, -0.2) is 17.5 Å². The average molecular weight is 271 g/mol. The van der Waals surface area contributed by atoms with Crippen molar-refractivity contribution < 1.29 is 9.53 Å². The summed E-state index contributed by atoms with van der Waals surface area (Å²) >= 11 is 0. The molecule has 0 aliphatic carbocycles. The molecule has 0 bridgehead atoms. The Morgan fingerprint density at radius 1 is 1.30 bits per heavy atom. The van der Waals surface area contributed by atoms with Gasteiger partial charge in [-0.3, -0.25) is 9.78 Å². The Morgan fingerprint density at radius 2 is 2.10 bits per heavy atom. The van der Waals surface area contributed by atoms with Crippen LogP contribution in [0.15, 0.2) is 42.6 Å². The second-order valence-corrected chi connectivity index (χ2v) is 4.29. The number of ether oxygens (including phenoxy) is 1. The number of nitrogens with two attached hydrogens (primary N) is 1. The van der Waals surface area contributed by atoms with E-state index in [2.05, 4.69) is 10.3 Å². The largest absolute Gasteiger partial charge is 0.483 e. The van der Waals surface area contributed by atoms with E-state index in [4.69, 9.17) is 10.5 Å². The minimum absolute atomic E-state index is 0.0641. The van der Waals surface area contributed by atoms with E-state index in [-0.39, 0.29) is 12.5 Å². The first-order chi connectivity index (χ1) is 9.70.